The molecule has 0 fully saturated rings. The quantitative estimate of drug-likeness (QED) is 0.928. The molecule has 2 heterocycles. The van der Waals surface area contributed by atoms with Crippen LogP contribution < -0.4 is 5.32 Å². The minimum Gasteiger partial charge on any atom is -0.332 e. The molecule has 0 aliphatic carbocycles. The van der Waals surface area contributed by atoms with Gasteiger partial charge < -0.3 is 10.2 Å². The predicted octanol–water partition coefficient (Wildman–Crippen LogP) is 3.33. The van der Waals surface area contributed by atoms with Crippen molar-refractivity contribution >= 4 is 17.5 Å². The average Bonchev–Trinajstić information content (AvgIpc) is 2.62. The van der Waals surface area contributed by atoms with Crippen LogP contribution in [0.2, 0.25) is 0 Å². The summed E-state index contributed by atoms with van der Waals surface area (Å²) in [7, 11) is 0. The van der Waals surface area contributed by atoms with E-state index in [2.05, 4.69) is 10.3 Å². The number of hydrogen-bond acceptors (Lipinski definition) is 3. The minimum atomic E-state index is -0.622. The molecule has 2 aromatic rings. The third-order valence-electron chi connectivity index (χ3n) is 4.55. The first kappa shape index (κ1) is 17.1. The number of carbonyl (C=O) groups excluding carboxylic acids is 2. The molecule has 6 heteroatoms. The molecule has 0 bridgehead atoms. The third kappa shape index (κ3) is 3.38. The van der Waals surface area contributed by atoms with Crippen molar-refractivity contribution in [3.63, 3.8) is 0 Å². The van der Waals surface area contributed by atoms with Gasteiger partial charge in [-0.3, -0.25) is 14.6 Å². The van der Waals surface area contributed by atoms with E-state index in [1.165, 1.54) is 6.07 Å². The van der Waals surface area contributed by atoms with Crippen LogP contribution in [0.1, 0.15) is 47.8 Å². The summed E-state index contributed by atoms with van der Waals surface area (Å²) in [6, 6.07) is 6.28. The first-order chi connectivity index (χ1) is 12.0. The lowest BCUT2D eigenvalue weighted by atomic mass is 9.98. The highest BCUT2D eigenvalue weighted by molar-refractivity contribution is 5.98. The zero-order valence-corrected chi connectivity index (χ0v) is 14.3. The number of nitrogens with zero attached hydrogens (tertiary/aromatic N) is 2. The molecule has 1 atom stereocenters. The highest BCUT2D eigenvalue weighted by atomic mass is 19.1. The fourth-order valence-electron chi connectivity index (χ4n) is 3.12. The lowest BCUT2D eigenvalue weighted by Gasteiger charge is -2.29. The normalized spacial score (nSPS) is 14.4. The van der Waals surface area contributed by atoms with Crippen LogP contribution in [0.5, 0.6) is 0 Å². The number of rotatable bonds is 4. The van der Waals surface area contributed by atoms with Crippen LogP contribution in [-0.2, 0) is 11.2 Å². The van der Waals surface area contributed by atoms with E-state index in [1.54, 1.807) is 23.4 Å². The van der Waals surface area contributed by atoms with Crippen LogP contribution in [0.3, 0.4) is 0 Å². The molecule has 5 nitrogen and oxygen atoms in total. The van der Waals surface area contributed by atoms with E-state index in [9.17, 15) is 14.0 Å². The number of amides is 2. The Labute approximate surface area is 145 Å². The monoisotopic (exact) mass is 341 g/mol. The molecule has 1 aromatic carbocycles. The van der Waals surface area contributed by atoms with Gasteiger partial charge in [-0.05, 0) is 49.6 Å². The van der Waals surface area contributed by atoms with E-state index in [0.29, 0.717) is 25.1 Å². The number of fused-ring (bicyclic) bond motifs is 1. The fourth-order valence-corrected chi connectivity index (χ4v) is 3.12. The van der Waals surface area contributed by atoms with Gasteiger partial charge in [0.05, 0.1) is 11.6 Å². The number of anilines is 1. The van der Waals surface area contributed by atoms with Crippen molar-refractivity contribution in [2.75, 3.05) is 11.9 Å². The van der Waals surface area contributed by atoms with E-state index in [4.69, 9.17) is 0 Å². The summed E-state index contributed by atoms with van der Waals surface area (Å²) >= 11 is 0. The number of halogens is 1. The highest BCUT2D eigenvalue weighted by Gasteiger charge is 2.26. The van der Waals surface area contributed by atoms with E-state index < -0.39 is 5.82 Å². The van der Waals surface area contributed by atoms with Crippen molar-refractivity contribution in [2.45, 2.75) is 32.7 Å². The van der Waals surface area contributed by atoms with Crippen LogP contribution in [0, 0.1) is 5.82 Å². The largest absolute Gasteiger partial charge is 0.332 e. The van der Waals surface area contributed by atoms with Crippen molar-refractivity contribution < 1.29 is 14.0 Å². The van der Waals surface area contributed by atoms with Crippen molar-refractivity contribution in [3.8, 4) is 0 Å². The summed E-state index contributed by atoms with van der Waals surface area (Å²) in [5, 5.41) is 2.65. The second kappa shape index (κ2) is 7.01. The van der Waals surface area contributed by atoms with Gasteiger partial charge in [-0.25, -0.2) is 4.39 Å². The maximum atomic E-state index is 14.5. The van der Waals surface area contributed by atoms with E-state index in [1.807, 2.05) is 26.0 Å². The second-order valence-corrected chi connectivity index (χ2v) is 6.09. The summed E-state index contributed by atoms with van der Waals surface area (Å²) in [6.07, 6.45) is 4.23. The van der Waals surface area contributed by atoms with Gasteiger partial charge in [-0.15, -0.1) is 0 Å². The lowest BCUT2D eigenvalue weighted by molar-refractivity contribution is -0.116. The van der Waals surface area contributed by atoms with Gasteiger partial charge in [0.25, 0.3) is 5.91 Å². The Bertz CT molecular complexity index is 808. The van der Waals surface area contributed by atoms with E-state index >= 15 is 0 Å². The van der Waals surface area contributed by atoms with Crippen LogP contribution in [0.25, 0.3) is 0 Å². The Morgan fingerprint density at radius 1 is 1.40 bits per heavy atom. The first-order valence-electron chi connectivity index (χ1n) is 8.34. The number of aryl methyl sites for hydroxylation is 1. The van der Waals surface area contributed by atoms with Gasteiger partial charge in [-0.1, -0.05) is 6.07 Å². The molecule has 1 N–H and O–H groups in total. The standard InChI is InChI=1S/C19H20FN3O2/c1-3-23(12(2)14-5-4-8-21-11-14)19(25)15-9-13-6-7-18(24)22-17(13)10-16(15)20/h4-5,8-12H,3,6-7H2,1-2H3,(H,22,24). The first-order valence-corrected chi connectivity index (χ1v) is 8.34. The number of pyridine rings is 1. The molecule has 1 aliphatic rings. The van der Waals surface area contributed by atoms with Gasteiger partial charge >= 0.3 is 0 Å². The van der Waals surface area contributed by atoms with Crippen molar-refractivity contribution in [2.24, 2.45) is 0 Å². The van der Waals surface area contributed by atoms with Gasteiger partial charge in [0.2, 0.25) is 5.91 Å². The zero-order valence-electron chi connectivity index (χ0n) is 14.3. The summed E-state index contributed by atoms with van der Waals surface area (Å²) < 4.78 is 14.5. The number of carbonyl (C=O) groups is 2. The summed E-state index contributed by atoms with van der Waals surface area (Å²) in [4.78, 5) is 30.1. The smallest absolute Gasteiger partial charge is 0.257 e. The van der Waals surface area contributed by atoms with Gasteiger partial charge in [0.15, 0.2) is 0 Å². The summed E-state index contributed by atoms with van der Waals surface area (Å²) in [5.74, 6) is -1.12. The Kier molecular flexibility index (Phi) is 4.79. The molecule has 1 aromatic heterocycles. The van der Waals surface area contributed by atoms with Crippen molar-refractivity contribution in [3.05, 3.63) is 59.2 Å². The summed E-state index contributed by atoms with van der Waals surface area (Å²) in [5.41, 5.74) is 2.17. The van der Waals surface area contributed by atoms with E-state index in [0.717, 1.165) is 11.1 Å². The number of hydrogen-bond donors (Lipinski definition) is 1. The maximum absolute atomic E-state index is 14.5. The van der Waals surface area contributed by atoms with Crippen molar-refractivity contribution in [1.29, 1.82) is 0 Å². The molecule has 2 amide bonds. The molecule has 130 valence electrons. The molecule has 0 saturated carbocycles. The van der Waals surface area contributed by atoms with Crippen LogP contribution in [0.15, 0.2) is 36.7 Å². The third-order valence-corrected chi connectivity index (χ3v) is 4.55. The summed E-state index contributed by atoms with van der Waals surface area (Å²) in [6.45, 7) is 4.21. The fraction of sp³-hybridized carbons (Fsp3) is 0.316. The topological polar surface area (TPSA) is 62.3 Å². The van der Waals surface area contributed by atoms with Crippen LogP contribution in [0.4, 0.5) is 10.1 Å². The minimum absolute atomic E-state index is 0.0347. The number of benzene rings is 1. The molecule has 1 unspecified atom stereocenters. The SMILES string of the molecule is CCN(C(=O)c1cc2c(cc1F)NC(=O)CC2)C(C)c1cccnc1. The molecule has 0 saturated heterocycles. The van der Waals surface area contributed by atoms with Crippen LogP contribution in [-0.4, -0.2) is 28.2 Å². The van der Waals surface area contributed by atoms with Crippen LogP contribution >= 0.6 is 0 Å². The van der Waals surface area contributed by atoms with Gasteiger partial charge in [0.1, 0.15) is 5.82 Å². The molecule has 1 aliphatic heterocycles. The average molecular weight is 341 g/mol. The van der Waals surface area contributed by atoms with Gasteiger partial charge in [-0.2, -0.15) is 0 Å². The highest BCUT2D eigenvalue weighted by Crippen LogP contribution is 2.28. The second-order valence-electron chi connectivity index (χ2n) is 6.09. The molecule has 3 rings (SSSR count). The molecular weight excluding hydrogens is 321 g/mol. The molecular formula is C19H20FN3O2. The number of aromatic nitrogens is 1. The Morgan fingerprint density at radius 3 is 2.88 bits per heavy atom. The maximum Gasteiger partial charge on any atom is 0.257 e. The molecule has 0 radical (unpaired) electrons. The zero-order chi connectivity index (χ0) is 18.0. The Balaban J connectivity index is 1.92. The van der Waals surface area contributed by atoms with Crippen molar-refractivity contribution in [1.82, 2.24) is 9.88 Å². The predicted molar refractivity (Wildman–Crippen MR) is 92.7 cm³/mol. The molecule has 25 heavy (non-hydrogen) atoms. The molecule has 0 spiro atoms. The number of nitrogens with one attached hydrogen (secondary N) is 1. The van der Waals surface area contributed by atoms with E-state index in [-0.39, 0.29) is 23.4 Å². The lowest BCUT2D eigenvalue weighted by Crippen LogP contribution is -2.34. The van der Waals surface area contributed by atoms with Gasteiger partial charge in [0, 0.05) is 31.0 Å². The Hall–Kier alpha value is -2.76. The Morgan fingerprint density at radius 2 is 2.20 bits per heavy atom.